The molecule has 0 bridgehead atoms. The van der Waals surface area contributed by atoms with Gasteiger partial charge in [0, 0.05) is 32.2 Å². The van der Waals surface area contributed by atoms with Gasteiger partial charge in [-0.2, -0.15) is 0 Å². The lowest BCUT2D eigenvalue weighted by Crippen LogP contribution is -2.35. The number of unbranched alkanes of at least 4 members (excludes halogenated alkanes) is 1. The fraction of sp³-hybridized carbons (Fsp3) is 0.500. The Balaban J connectivity index is 1.53. The van der Waals surface area contributed by atoms with Gasteiger partial charge in [0.2, 0.25) is 11.1 Å². The molecule has 1 aliphatic rings. The zero-order chi connectivity index (χ0) is 21.5. The monoisotopic (exact) mass is 437 g/mol. The van der Waals surface area contributed by atoms with Gasteiger partial charge in [-0.25, -0.2) is 13.5 Å². The molecule has 1 fully saturated rings. The normalized spacial score (nSPS) is 18.6. The molecule has 2 heterocycles. The van der Waals surface area contributed by atoms with E-state index >= 15 is 0 Å². The summed E-state index contributed by atoms with van der Waals surface area (Å²) < 4.78 is 30.9. The van der Waals surface area contributed by atoms with Crippen molar-refractivity contribution in [2.24, 2.45) is 7.05 Å². The molecule has 1 aromatic heterocycles. The molecule has 10 heteroatoms. The first-order valence-electron chi connectivity index (χ1n) is 9.89. The predicted molar refractivity (Wildman–Crippen MR) is 109 cm³/mol. The van der Waals surface area contributed by atoms with Gasteiger partial charge in [0.15, 0.2) is 11.7 Å². The van der Waals surface area contributed by atoms with Crippen molar-refractivity contribution >= 4 is 17.7 Å². The van der Waals surface area contributed by atoms with E-state index in [0.717, 1.165) is 12.2 Å². The van der Waals surface area contributed by atoms with Gasteiger partial charge in [0.1, 0.15) is 6.10 Å². The zero-order valence-electron chi connectivity index (χ0n) is 16.7. The number of tetrazole rings is 1. The third kappa shape index (κ3) is 5.63. The molecule has 2 atom stereocenters. The number of carbonyl (C=O) groups is 1. The second-order valence-electron chi connectivity index (χ2n) is 7.18. The average molecular weight is 438 g/mol. The standard InChI is InChI=1S/C20H25F2N5O2S/c1-26-20(23-24-25-26)30-12-6-5-11-27-15(9-10-17(27)29)18(21)19(22)16(28)13-14-7-3-2-4-8-14/h2-4,7-8,15-16,28H,5-6,9-13H2,1H3/b19-18+/t15-,16?/m1/s1. The molecule has 7 nitrogen and oxygen atoms in total. The van der Waals surface area contributed by atoms with Gasteiger partial charge in [-0.15, -0.1) is 5.10 Å². The van der Waals surface area contributed by atoms with Gasteiger partial charge in [0.05, 0.1) is 6.04 Å². The molecular formula is C20H25F2N5O2S. The number of thioether (sulfide) groups is 1. The minimum absolute atomic E-state index is 0.0190. The van der Waals surface area contributed by atoms with Crippen LogP contribution in [0, 0.1) is 0 Å². The van der Waals surface area contributed by atoms with Crippen molar-refractivity contribution in [1.29, 1.82) is 0 Å². The predicted octanol–water partition coefficient (Wildman–Crippen LogP) is 2.83. The van der Waals surface area contributed by atoms with Crippen LogP contribution in [0.2, 0.25) is 0 Å². The lowest BCUT2D eigenvalue weighted by Gasteiger charge is -2.24. The molecule has 1 N–H and O–H groups in total. The van der Waals surface area contributed by atoms with Gasteiger partial charge >= 0.3 is 0 Å². The van der Waals surface area contributed by atoms with Crippen LogP contribution in [0.15, 0.2) is 47.1 Å². The zero-order valence-corrected chi connectivity index (χ0v) is 17.6. The molecule has 30 heavy (non-hydrogen) atoms. The van der Waals surface area contributed by atoms with Crippen molar-refractivity contribution < 1.29 is 18.7 Å². The molecule has 0 radical (unpaired) electrons. The third-order valence-electron chi connectivity index (χ3n) is 5.02. The Morgan fingerprint density at radius 2 is 2.07 bits per heavy atom. The van der Waals surface area contributed by atoms with Gasteiger partial charge in [-0.1, -0.05) is 42.1 Å². The molecule has 0 spiro atoms. The Labute approximate surface area is 178 Å². The Hall–Kier alpha value is -2.33. The van der Waals surface area contributed by atoms with Gasteiger partial charge in [-0.3, -0.25) is 4.79 Å². The van der Waals surface area contributed by atoms with Crippen molar-refractivity contribution in [3.63, 3.8) is 0 Å². The first-order chi connectivity index (χ1) is 14.5. The second kappa shape index (κ2) is 10.6. The number of aliphatic hydroxyl groups is 1. The Bertz CT molecular complexity index is 877. The summed E-state index contributed by atoms with van der Waals surface area (Å²) in [6, 6.07) is 7.91. The van der Waals surface area contributed by atoms with E-state index in [2.05, 4.69) is 15.5 Å². The second-order valence-corrected chi connectivity index (χ2v) is 8.25. The fourth-order valence-corrected chi connectivity index (χ4v) is 4.26. The summed E-state index contributed by atoms with van der Waals surface area (Å²) in [4.78, 5) is 13.6. The van der Waals surface area contributed by atoms with Crippen molar-refractivity contribution in [2.75, 3.05) is 12.3 Å². The van der Waals surface area contributed by atoms with Gasteiger partial charge in [-0.05, 0) is 35.3 Å². The molecule has 1 saturated heterocycles. The molecule has 1 unspecified atom stereocenters. The maximum absolute atomic E-state index is 14.8. The summed E-state index contributed by atoms with van der Waals surface area (Å²) in [5.41, 5.74) is 0.711. The van der Waals surface area contributed by atoms with Crippen LogP contribution in [0.3, 0.4) is 0 Å². The number of halogens is 2. The molecule has 162 valence electrons. The Morgan fingerprint density at radius 3 is 2.77 bits per heavy atom. The summed E-state index contributed by atoms with van der Waals surface area (Å²) in [7, 11) is 1.76. The number of amides is 1. The van der Waals surface area contributed by atoms with Crippen LogP contribution in [0.1, 0.15) is 31.2 Å². The number of aliphatic hydroxyl groups excluding tert-OH is 1. The van der Waals surface area contributed by atoms with Crippen LogP contribution >= 0.6 is 11.8 Å². The summed E-state index contributed by atoms with van der Waals surface area (Å²) in [6.45, 7) is 0.344. The molecule has 0 aliphatic carbocycles. The first kappa shape index (κ1) is 22.4. The number of hydrogen-bond donors (Lipinski definition) is 1. The number of nitrogens with zero attached hydrogens (tertiary/aromatic N) is 5. The highest BCUT2D eigenvalue weighted by Gasteiger charge is 2.36. The van der Waals surface area contributed by atoms with E-state index in [0.29, 0.717) is 23.7 Å². The lowest BCUT2D eigenvalue weighted by atomic mass is 10.0. The summed E-state index contributed by atoms with van der Waals surface area (Å²) in [5, 5.41) is 22.0. The number of aryl methyl sites for hydroxylation is 1. The van der Waals surface area contributed by atoms with Crippen molar-refractivity contribution in [3.8, 4) is 0 Å². The molecule has 2 aromatic rings. The van der Waals surface area contributed by atoms with E-state index in [9.17, 15) is 18.7 Å². The molecule has 0 saturated carbocycles. The van der Waals surface area contributed by atoms with E-state index in [1.54, 1.807) is 36.0 Å². The van der Waals surface area contributed by atoms with Crippen molar-refractivity contribution in [3.05, 3.63) is 47.5 Å². The van der Waals surface area contributed by atoms with Crippen LogP contribution in [0.25, 0.3) is 0 Å². The van der Waals surface area contributed by atoms with Gasteiger partial charge < -0.3 is 10.0 Å². The third-order valence-corrected chi connectivity index (χ3v) is 6.12. The van der Waals surface area contributed by atoms with Gasteiger partial charge in [0.25, 0.3) is 0 Å². The van der Waals surface area contributed by atoms with E-state index in [1.807, 2.05) is 6.07 Å². The van der Waals surface area contributed by atoms with E-state index in [-0.39, 0.29) is 25.2 Å². The SMILES string of the molecule is Cn1nnnc1SCCCCN1C(=O)CC[C@@H]1/C(F)=C(\F)C(O)Cc1ccccc1. The van der Waals surface area contributed by atoms with Crippen LogP contribution in [0.5, 0.6) is 0 Å². The van der Waals surface area contributed by atoms with Crippen molar-refractivity contribution in [1.82, 2.24) is 25.1 Å². The number of aromatic nitrogens is 4. The van der Waals surface area contributed by atoms with Crippen LogP contribution in [0.4, 0.5) is 8.78 Å². The van der Waals surface area contributed by atoms with Crippen LogP contribution in [-0.2, 0) is 18.3 Å². The number of rotatable bonds is 10. The fourth-order valence-electron chi connectivity index (χ4n) is 3.41. The largest absolute Gasteiger partial charge is 0.386 e. The summed E-state index contributed by atoms with van der Waals surface area (Å²) in [5.74, 6) is -1.66. The minimum Gasteiger partial charge on any atom is -0.386 e. The smallest absolute Gasteiger partial charge is 0.223 e. The van der Waals surface area contributed by atoms with E-state index < -0.39 is 23.8 Å². The minimum atomic E-state index is -1.57. The molecule has 3 rings (SSSR count). The number of carbonyl (C=O) groups excluding carboxylic acids is 1. The number of benzene rings is 1. The quantitative estimate of drug-likeness (QED) is 0.455. The number of likely N-dealkylation sites (tertiary alicyclic amines) is 1. The highest BCUT2D eigenvalue weighted by atomic mass is 32.2. The molecule has 1 aliphatic heterocycles. The van der Waals surface area contributed by atoms with E-state index in [4.69, 9.17) is 0 Å². The number of hydrogen-bond acceptors (Lipinski definition) is 6. The van der Waals surface area contributed by atoms with E-state index in [1.165, 1.54) is 16.7 Å². The first-order valence-corrected chi connectivity index (χ1v) is 10.9. The lowest BCUT2D eigenvalue weighted by molar-refractivity contribution is -0.128. The maximum atomic E-state index is 14.8. The topological polar surface area (TPSA) is 84.1 Å². The Morgan fingerprint density at radius 1 is 1.30 bits per heavy atom. The maximum Gasteiger partial charge on any atom is 0.223 e. The average Bonchev–Trinajstić information content (AvgIpc) is 3.32. The molecule has 1 amide bonds. The highest BCUT2D eigenvalue weighted by molar-refractivity contribution is 7.99. The Kier molecular flexibility index (Phi) is 7.92. The van der Waals surface area contributed by atoms with Crippen molar-refractivity contribution in [2.45, 2.75) is 49.4 Å². The molecule has 1 aromatic carbocycles. The molecular weight excluding hydrogens is 412 g/mol. The summed E-state index contributed by atoms with van der Waals surface area (Å²) in [6.07, 6.45) is 0.242. The van der Waals surface area contributed by atoms with Crippen LogP contribution < -0.4 is 0 Å². The summed E-state index contributed by atoms with van der Waals surface area (Å²) >= 11 is 1.50. The highest BCUT2D eigenvalue weighted by Crippen LogP contribution is 2.30. The van der Waals surface area contributed by atoms with Crippen LogP contribution in [-0.4, -0.2) is 60.6 Å².